The van der Waals surface area contributed by atoms with Crippen molar-refractivity contribution in [2.75, 3.05) is 18.1 Å². The fourth-order valence-corrected chi connectivity index (χ4v) is 8.37. The van der Waals surface area contributed by atoms with Crippen molar-refractivity contribution in [1.82, 2.24) is 18.9 Å². The molecule has 1 amide bonds. The lowest BCUT2D eigenvalue weighted by atomic mass is 9.98. The molecule has 0 aliphatic carbocycles. The van der Waals surface area contributed by atoms with Gasteiger partial charge >= 0.3 is 5.97 Å². The van der Waals surface area contributed by atoms with Gasteiger partial charge in [0.25, 0.3) is 5.91 Å². The first-order chi connectivity index (χ1) is 24.2. The molecule has 3 aromatic heterocycles. The Morgan fingerprint density at radius 2 is 1.69 bits per heavy atom. The van der Waals surface area contributed by atoms with Crippen LogP contribution < -0.4 is 9.64 Å². The first kappa shape index (κ1) is 35.0. The number of nitrogens with zero attached hydrogens (tertiary/aromatic N) is 5. The number of aromatic carboxylic acids is 1. The van der Waals surface area contributed by atoms with E-state index >= 15 is 4.79 Å². The Balaban J connectivity index is 1.40. The van der Waals surface area contributed by atoms with Crippen molar-refractivity contribution in [3.63, 3.8) is 0 Å². The van der Waals surface area contributed by atoms with E-state index in [-0.39, 0.29) is 17.5 Å². The summed E-state index contributed by atoms with van der Waals surface area (Å²) in [6.07, 6.45) is 2.75. The summed E-state index contributed by atoms with van der Waals surface area (Å²) in [7, 11) is 3.70. The maximum absolute atomic E-state index is 15.0. The van der Waals surface area contributed by atoms with Gasteiger partial charge in [-0.2, -0.15) is 5.10 Å². The quantitative estimate of drug-likeness (QED) is 0.157. The predicted molar refractivity (Wildman–Crippen MR) is 205 cm³/mol. The number of anilines is 1. The van der Waals surface area contributed by atoms with Crippen LogP contribution in [0.3, 0.4) is 0 Å². The van der Waals surface area contributed by atoms with E-state index in [9.17, 15) is 9.90 Å². The Hall–Kier alpha value is -4.44. The first-order valence-corrected chi connectivity index (χ1v) is 17.9. The van der Waals surface area contributed by atoms with E-state index < -0.39 is 5.97 Å². The average Bonchev–Trinajstić information content (AvgIpc) is 3.67. The van der Waals surface area contributed by atoms with Gasteiger partial charge in [0, 0.05) is 70.5 Å². The fraction of sp³-hybridized carbons (Fsp3) is 0.308. The molecule has 0 radical (unpaired) electrons. The highest BCUT2D eigenvalue weighted by Crippen LogP contribution is 2.46. The van der Waals surface area contributed by atoms with E-state index in [0.717, 1.165) is 60.9 Å². The minimum Gasteiger partial charge on any atom is -0.494 e. The summed E-state index contributed by atoms with van der Waals surface area (Å²) in [6.45, 7) is 10.8. The second-order valence-corrected chi connectivity index (χ2v) is 14.8. The van der Waals surface area contributed by atoms with Gasteiger partial charge in [0.15, 0.2) is 0 Å². The van der Waals surface area contributed by atoms with Gasteiger partial charge in [-0.05, 0) is 94.5 Å². The third-order valence-corrected chi connectivity index (χ3v) is 11.2. The van der Waals surface area contributed by atoms with Crippen molar-refractivity contribution in [2.24, 2.45) is 14.1 Å². The molecular weight excluding hydrogens is 709 g/mol. The Labute approximate surface area is 310 Å². The molecule has 1 N–H and O–H groups in total. The summed E-state index contributed by atoms with van der Waals surface area (Å²) in [6, 6.07) is 11.0. The molecule has 0 bridgehead atoms. The molecule has 3 aromatic carbocycles. The van der Waals surface area contributed by atoms with Gasteiger partial charge in [0.1, 0.15) is 11.4 Å². The second kappa shape index (κ2) is 13.0. The number of rotatable bonds is 8. The van der Waals surface area contributed by atoms with Crippen molar-refractivity contribution in [2.45, 2.75) is 53.5 Å². The Bertz CT molecular complexity index is 2420. The second-order valence-electron chi connectivity index (χ2n) is 13.6. The number of ether oxygens (including phenoxy) is 1. The number of hydrogen-bond acceptors (Lipinski definition) is 4. The number of carbonyl (C=O) groups excluding carboxylic acids is 1. The summed E-state index contributed by atoms with van der Waals surface area (Å²) in [5.74, 6) is -0.516. The molecule has 12 heteroatoms. The van der Waals surface area contributed by atoms with Crippen LogP contribution in [0.4, 0.5) is 5.69 Å². The summed E-state index contributed by atoms with van der Waals surface area (Å²) < 4.78 is 11.9. The highest BCUT2D eigenvalue weighted by Gasteiger charge is 2.38. The Morgan fingerprint density at radius 3 is 2.33 bits per heavy atom. The van der Waals surface area contributed by atoms with Gasteiger partial charge in [0.2, 0.25) is 0 Å². The van der Waals surface area contributed by atoms with Crippen LogP contribution in [0.2, 0.25) is 15.1 Å². The number of fused-ring (bicyclic) bond motifs is 4. The molecule has 7 rings (SSSR count). The van der Waals surface area contributed by atoms with Crippen molar-refractivity contribution >= 4 is 74.2 Å². The highest BCUT2D eigenvalue weighted by atomic mass is 35.5. The predicted octanol–water partition coefficient (Wildman–Crippen LogP) is 9.66. The lowest BCUT2D eigenvalue weighted by molar-refractivity contribution is 0.0698. The molecule has 264 valence electrons. The molecule has 0 fully saturated rings. The van der Waals surface area contributed by atoms with E-state index in [4.69, 9.17) is 44.6 Å². The zero-order chi connectivity index (χ0) is 36.6. The third kappa shape index (κ3) is 5.66. The third-order valence-electron chi connectivity index (χ3n) is 10.1. The standard InChI is InChI=1S/C39H38Cl3N5O4/c1-19-13-25(14-20(2)34(19)42)51-12-8-9-26-27-10-11-30(41)33(32-22(4)43-45(7)23(32)5)36(27)47-21(3)17-46(38(48)37(26)47)31-16-24(40)15-28-29(39(49)50)18-44(6)35(28)31/h10-11,13-16,18,21H,8-9,12,17H2,1-7H3,(H,49,50)/t21-/m1/s1. The van der Waals surface area contributed by atoms with Crippen LogP contribution >= 0.6 is 34.8 Å². The van der Waals surface area contributed by atoms with Crippen LogP contribution in [-0.2, 0) is 20.5 Å². The van der Waals surface area contributed by atoms with Gasteiger partial charge in [-0.3, -0.25) is 9.48 Å². The minimum absolute atomic E-state index is 0.121. The smallest absolute Gasteiger partial charge is 0.337 e. The Kier molecular flexibility index (Phi) is 8.89. The molecule has 4 heterocycles. The van der Waals surface area contributed by atoms with Gasteiger partial charge < -0.3 is 23.9 Å². The fourth-order valence-electron chi connectivity index (χ4n) is 7.80. The number of hydrogen-bond donors (Lipinski definition) is 1. The topological polar surface area (TPSA) is 94.5 Å². The normalized spacial score (nSPS) is 14.6. The highest BCUT2D eigenvalue weighted by molar-refractivity contribution is 6.35. The van der Waals surface area contributed by atoms with Crippen LogP contribution in [0.5, 0.6) is 5.75 Å². The monoisotopic (exact) mass is 745 g/mol. The maximum Gasteiger partial charge on any atom is 0.337 e. The van der Waals surface area contributed by atoms with E-state index in [1.165, 1.54) is 0 Å². The first-order valence-electron chi connectivity index (χ1n) is 16.8. The lowest BCUT2D eigenvalue weighted by Crippen LogP contribution is -2.43. The Morgan fingerprint density at radius 1 is 0.980 bits per heavy atom. The van der Waals surface area contributed by atoms with E-state index in [1.807, 2.05) is 63.7 Å². The molecule has 1 atom stereocenters. The van der Waals surface area contributed by atoms with Crippen molar-refractivity contribution in [3.05, 3.63) is 97.0 Å². The molecule has 0 saturated heterocycles. The number of carboxylic acids is 1. The van der Waals surface area contributed by atoms with Gasteiger partial charge in [0.05, 0.1) is 39.6 Å². The molecule has 6 aromatic rings. The molecular formula is C39H38Cl3N5O4. The van der Waals surface area contributed by atoms with E-state index in [1.54, 1.807) is 34.8 Å². The van der Waals surface area contributed by atoms with Gasteiger partial charge in [-0.25, -0.2) is 4.79 Å². The molecule has 0 unspecified atom stereocenters. The van der Waals surface area contributed by atoms with Gasteiger partial charge in [-0.15, -0.1) is 0 Å². The molecule has 51 heavy (non-hydrogen) atoms. The number of carbonyl (C=O) groups is 2. The van der Waals surface area contributed by atoms with Gasteiger partial charge in [-0.1, -0.05) is 40.9 Å². The van der Waals surface area contributed by atoms with E-state index in [0.29, 0.717) is 58.3 Å². The number of carboxylic acid groups (broad SMARTS) is 1. The number of amides is 1. The molecule has 0 spiro atoms. The van der Waals surface area contributed by atoms with Crippen molar-refractivity contribution < 1.29 is 19.4 Å². The van der Waals surface area contributed by atoms with Crippen LogP contribution in [0.1, 0.15) is 68.3 Å². The number of benzene rings is 3. The molecule has 1 aliphatic rings. The van der Waals surface area contributed by atoms with E-state index in [2.05, 4.69) is 11.5 Å². The van der Waals surface area contributed by atoms with Crippen molar-refractivity contribution in [3.8, 4) is 16.9 Å². The zero-order valence-corrected chi connectivity index (χ0v) is 31.8. The number of aryl methyl sites for hydroxylation is 6. The van der Waals surface area contributed by atoms with Crippen LogP contribution in [0.15, 0.2) is 42.6 Å². The maximum atomic E-state index is 15.0. The summed E-state index contributed by atoms with van der Waals surface area (Å²) in [4.78, 5) is 28.9. The number of halogens is 3. The van der Waals surface area contributed by atoms with Crippen LogP contribution in [0, 0.1) is 27.7 Å². The SMILES string of the molecule is Cc1cc(OCCCc2c3n(c4c(-c5c(C)nn(C)c5C)c(Cl)ccc24)[C@H](C)CN(c2cc(Cl)cc4c(C(=O)O)cn(C)c24)C3=O)cc(C)c1Cl. The van der Waals surface area contributed by atoms with Crippen molar-refractivity contribution in [1.29, 1.82) is 0 Å². The molecule has 9 nitrogen and oxygen atoms in total. The number of aromatic nitrogens is 4. The molecule has 1 aliphatic heterocycles. The summed E-state index contributed by atoms with van der Waals surface area (Å²) in [5.41, 5.74) is 9.16. The lowest BCUT2D eigenvalue weighted by Gasteiger charge is -2.35. The zero-order valence-electron chi connectivity index (χ0n) is 29.5. The average molecular weight is 747 g/mol. The molecule has 0 saturated carbocycles. The van der Waals surface area contributed by atoms with Crippen LogP contribution in [0.25, 0.3) is 32.9 Å². The minimum atomic E-state index is -1.06. The summed E-state index contributed by atoms with van der Waals surface area (Å²) >= 11 is 20.1. The summed E-state index contributed by atoms with van der Waals surface area (Å²) in [5, 5.41) is 17.7. The van der Waals surface area contributed by atoms with Crippen LogP contribution in [-0.4, -0.2) is 49.0 Å². The largest absolute Gasteiger partial charge is 0.494 e.